The van der Waals surface area contributed by atoms with Crippen LogP contribution in [0.15, 0.2) is 84.9 Å². The molecule has 4 rings (SSSR count). The fraction of sp³-hybridized carbons (Fsp3) is 0.258. The first-order valence-corrected chi connectivity index (χ1v) is 14.8. The quantitative estimate of drug-likeness (QED) is 0.191. The molecule has 0 saturated heterocycles. The van der Waals surface area contributed by atoms with Crippen molar-refractivity contribution in [3.05, 3.63) is 102 Å². The van der Waals surface area contributed by atoms with Gasteiger partial charge in [0, 0.05) is 16.9 Å². The van der Waals surface area contributed by atoms with Gasteiger partial charge in [-0.3, -0.25) is 9.36 Å². The number of nitrogens with zero attached hydrogens (tertiary/aromatic N) is 1. The molecule has 1 N–H and O–H groups in total. The Hall–Kier alpha value is -3.51. The largest absolute Gasteiger partial charge is 0.350 e. The fourth-order valence-corrected chi connectivity index (χ4v) is 6.47. The van der Waals surface area contributed by atoms with Crippen LogP contribution in [0.4, 0.5) is 10.1 Å². The molecule has 0 saturated carbocycles. The molecule has 0 radical (unpaired) electrons. The molecule has 1 amide bonds. The van der Waals surface area contributed by atoms with Gasteiger partial charge in [0.2, 0.25) is 0 Å². The van der Waals surface area contributed by atoms with Gasteiger partial charge in [-0.2, -0.15) is 0 Å². The van der Waals surface area contributed by atoms with Crippen LogP contribution in [-0.4, -0.2) is 23.7 Å². The van der Waals surface area contributed by atoms with Gasteiger partial charge in [-0.1, -0.05) is 62.4 Å². The molecule has 4 aromatic rings. The first-order chi connectivity index (χ1) is 18.8. The minimum atomic E-state index is -3.60. The Kier molecular flexibility index (Phi) is 9.18. The third-order valence-corrected chi connectivity index (χ3v) is 8.19. The lowest BCUT2D eigenvalue weighted by atomic mass is 9.94. The first-order valence-electron chi connectivity index (χ1n) is 13.1. The second kappa shape index (κ2) is 12.6. The van der Waals surface area contributed by atoms with Crippen LogP contribution in [0.3, 0.4) is 0 Å². The molecule has 39 heavy (non-hydrogen) atoms. The molecule has 0 aliphatic carbocycles. The molecule has 3 aromatic carbocycles. The van der Waals surface area contributed by atoms with Gasteiger partial charge in [-0.25, -0.2) is 4.39 Å². The molecule has 204 valence electrons. The van der Waals surface area contributed by atoms with E-state index in [-0.39, 0.29) is 37.1 Å². The van der Waals surface area contributed by atoms with Crippen LogP contribution in [0.1, 0.15) is 49.7 Å². The number of hydrogen-bond donors (Lipinski definition) is 1. The highest BCUT2D eigenvalue weighted by atomic mass is 31.2. The topological polar surface area (TPSA) is 69.6 Å². The maximum atomic E-state index is 14.1. The molecule has 0 aliphatic heterocycles. The monoisotopic (exact) mass is 548 g/mol. The number of benzene rings is 3. The Morgan fingerprint density at radius 3 is 1.97 bits per heavy atom. The average molecular weight is 549 g/mol. The number of aromatic nitrogens is 1. The van der Waals surface area contributed by atoms with Crippen molar-refractivity contribution in [3.8, 4) is 22.4 Å². The molecular weight excluding hydrogens is 514 g/mol. The van der Waals surface area contributed by atoms with Gasteiger partial charge in [0.05, 0.1) is 24.5 Å². The van der Waals surface area contributed by atoms with E-state index in [4.69, 9.17) is 9.05 Å². The van der Waals surface area contributed by atoms with Crippen LogP contribution in [0.5, 0.6) is 0 Å². The maximum absolute atomic E-state index is 14.1. The molecule has 0 fully saturated rings. The second-order valence-corrected chi connectivity index (χ2v) is 11.4. The number of para-hydroxylation sites is 1. The van der Waals surface area contributed by atoms with E-state index in [2.05, 4.69) is 5.32 Å². The van der Waals surface area contributed by atoms with E-state index in [9.17, 15) is 13.8 Å². The van der Waals surface area contributed by atoms with Crippen molar-refractivity contribution in [2.45, 2.75) is 39.9 Å². The molecule has 6 nitrogen and oxygen atoms in total. The second-order valence-electron chi connectivity index (χ2n) is 9.35. The Balaban J connectivity index is 2.08. The summed E-state index contributed by atoms with van der Waals surface area (Å²) in [6.07, 6.45) is -0.104. The predicted molar refractivity (Wildman–Crippen MR) is 155 cm³/mol. The number of halogens is 1. The van der Waals surface area contributed by atoms with Crippen molar-refractivity contribution in [2.75, 3.05) is 18.5 Å². The molecule has 8 heteroatoms. The maximum Gasteiger partial charge on any atom is 0.350 e. The summed E-state index contributed by atoms with van der Waals surface area (Å²) in [5, 5.41) is 3.03. The van der Waals surface area contributed by atoms with Crippen molar-refractivity contribution in [1.82, 2.24) is 4.57 Å². The highest BCUT2D eigenvalue weighted by molar-refractivity contribution is 7.52. The minimum Gasteiger partial charge on any atom is -0.331 e. The molecule has 1 heterocycles. The number of anilines is 1. The molecule has 0 bridgehead atoms. The summed E-state index contributed by atoms with van der Waals surface area (Å²) in [6, 6.07) is 24.9. The summed E-state index contributed by atoms with van der Waals surface area (Å²) in [6.45, 7) is 7.91. The Morgan fingerprint density at radius 2 is 1.44 bits per heavy atom. The first kappa shape index (κ1) is 28.5. The third-order valence-electron chi connectivity index (χ3n) is 6.26. The van der Waals surface area contributed by atoms with E-state index in [0.29, 0.717) is 33.8 Å². The van der Waals surface area contributed by atoms with Crippen LogP contribution < -0.4 is 5.32 Å². The third kappa shape index (κ3) is 6.39. The molecule has 0 spiro atoms. The Bertz CT molecular complexity index is 1440. The van der Waals surface area contributed by atoms with Crippen LogP contribution in [0, 0.1) is 5.82 Å². The van der Waals surface area contributed by atoms with Crippen LogP contribution >= 0.6 is 7.60 Å². The summed E-state index contributed by atoms with van der Waals surface area (Å²) in [7, 11) is -3.60. The number of hydrogen-bond acceptors (Lipinski definition) is 4. The minimum absolute atomic E-state index is 0.104. The highest BCUT2D eigenvalue weighted by Gasteiger charge is 2.35. The Labute approximate surface area is 229 Å². The van der Waals surface area contributed by atoms with E-state index in [1.54, 1.807) is 26.0 Å². The van der Waals surface area contributed by atoms with Crippen molar-refractivity contribution < 1.29 is 22.8 Å². The fourth-order valence-electron chi connectivity index (χ4n) is 4.81. The van der Waals surface area contributed by atoms with Gasteiger partial charge in [-0.15, -0.1) is 0 Å². The van der Waals surface area contributed by atoms with E-state index in [0.717, 1.165) is 5.56 Å². The number of carbonyl (C=O) groups is 1. The standard InChI is InChI=1S/C31H34FN2O4P/c1-5-37-39(36,38-6-2)21-34-29(22(3)4)28(31(35)33-26-15-11-8-12-16-26)27(23-13-9-7-10-14-23)30(34)24-17-19-25(32)20-18-24/h7-20,22H,5-6,21H2,1-4H3,(H,33,35). The molecule has 0 aliphatic rings. The van der Waals surface area contributed by atoms with E-state index in [1.165, 1.54) is 12.1 Å². The van der Waals surface area contributed by atoms with Crippen LogP contribution in [0.25, 0.3) is 22.4 Å². The SMILES string of the molecule is CCOP(=O)(Cn1c(-c2ccc(F)cc2)c(-c2ccccc2)c(C(=O)Nc2ccccc2)c1C(C)C)OCC. The van der Waals surface area contributed by atoms with Gasteiger partial charge in [0.15, 0.2) is 0 Å². The molecular formula is C31H34FN2O4P. The van der Waals surface area contributed by atoms with Crippen molar-refractivity contribution in [3.63, 3.8) is 0 Å². The van der Waals surface area contributed by atoms with Gasteiger partial charge in [0.25, 0.3) is 5.91 Å². The number of nitrogens with one attached hydrogen (secondary N) is 1. The lowest BCUT2D eigenvalue weighted by Gasteiger charge is -2.23. The summed E-state index contributed by atoms with van der Waals surface area (Å²) in [5.41, 5.74) is 4.58. The summed E-state index contributed by atoms with van der Waals surface area (Å²) in [4.78, 5) is 14.1. The molecule has 1 aromatic heterocycles. The molecule has 0 unspecified atom stereocenters. The smallest absolute Gasteiger partial charge is 0.331 e. The lowest BCUT2D eigenvalue weighted by molar-refractivity contribution is 0.102. The van der Waals surface area contributed by atoms with Gasteiger partial charge >= 0.3 is 7.60 Å². The number of carbonyl (C=O) groups excluding carboxylic acids is 1. The zero-order valence-electron chi connectivity index (χ0n) is 22.7. The van der Waals surface area contributed by atoms with Gasteiger partial charge in [0.1, 0.15) is 12.1 Å². The van der Waals surface area contributed by atoms with Crippen LogP contribution in [-0.2, 0) is 19.9 Å². The van der Waals surface area contributed by atoms with Crippen LogP contribution in [0.2, 0.25) is 0 Å². The number of amides is 1. The van der Waals surface area contributed by atoms with E-state index in [1.807, 2.05) is 79.1 Å². The predicted octanol–water partition coefficient (Wildman–Crippen LogP) is 8.56. The van der Waals surface area contributed by atoms with Gasteiger partial charge < -0.3 is 18.9 Å². The summed E-state index contributed by atoms with van der Waals surface area (Å²) >= 11 is 0. The highest BCUT2D eigenvalue weighted by Crippen LogP contribution is 2.53. The molecule has 0 atom stereocenters. The summed E-state index contributed by atoms with van der Waals surface area (Å²) < 4.78 is 41.1. The zero-order valence-corrected chi connectivity index (χ0v) is 23.6. The van der Waals surface area contributed by atoms with E-state index < -0.39 is 7.60 Å². The van der Waals surface area contributed by atoms with Crippen molar-refractivity contribution in [2.24, 2.45) is 0 Å². The normalized spacial score (nSPS) is 11.6. The van der Waals surface area contributed by atoms with Gasteiger partial charge in [-0.05, 0) is 67.3 Å². The number of rotatable bonds is 11. The lowest BCUT2D eigenvalue weighted by Crippen LogP contribution is -2.17. The average Bonchev–Trinajstić information content (AvgIpc) is 3.25. The zero-order chi connectivity index (χ0) is 28.0. The summed E-state index contributed by atoms with van der Waals surface area (Å²) in [5.74, 6) is -0.818. The van der Waals surface area contributed by atoms with Crippen molar-refractivity contribution >= 4 is 19.2 Å². The Morgan fingerprint density at radius 1 is 0.872 bits per heavy atom. The van der Waals surface area contributed by atoms with E-state index >= 15 is 0 Å². The van der Waals surface area contributed by atoms with Crippen molar-refractivity contribution in [1.29, 1.82) is 0 Å².